The first kappa shape index (κ1) is 15.5. The Morgan fingerprint density at radius 2 is 1.95 bits per heavy atom. The van der Waals surface area contributed by atoms with Crippen LogP contribution in [0.25, 0.3) is 0 Å². The molecule has 5 heteroatoms. The van der Waals surface area contributed by atoms with E-state index in [0.717, 1.165) is 30.9 Å². The number of hydrogen-bond donors (Lipinski definition) is 2. The Hall–Kier alpha value is -1.42. The molecule has 0 bridgehead atoms. The Bertz CT molecular complexity index is 680. The quantitative estimate of drug-likeness (QED) is 0.815. The van der Waals surface area contributed by atoms with Crippen molar-refractivity contribution in [3.8, 4) is 5.75 Å². The maximum Gasteiger partial charge on any atom is 0.122 e. The highest BCUT2D eigenvalue weighted by atomic mass is 35.5. The Morgan fingerprint density at radius 1 is 1.23 bits per heavy atom. The lowest BCUT2D eigenvalue weighted by Crippen LogP contribution is -2.18. The lowest BCUT2D eigenvalue weighted by atomic mass is 10.1. The van der Waals surface area contributed by atoms with Crippen molar-refractivity contribution in [3.05, 3.63) is 57.1 Å². The fraction of sp³-hybridized carbons (Fsp3) is 0.294. The van der Waals surface area contributed by atoms with Crippen molar-refractivity contribution in [3.63, 3.8) is 0 Å². The molecule has 0 amide bonds. The van der Waals surface area contributed by atoms with Crippen LogP contribution < -0.4 is 15.8 Å². The second kappa shape index (κ2) is 6.37. The van der Waals surface area contributed by atoms with Gasteiger partial charge in [0.25, 0.3) is 0 Å². The van der Waals surface area contributed by atoms with Gasteiger partial charge in [-0.15, -0.1) is 0 Å². The van der Waals surface area contributed by atoms with Crippen LogP contribution in [0.5, 0.6) is 5.75 Å². The molecule has 3 rings (SSSR count). The number of anilines is 1. The number of nitrogen functional groups attached to an aromatic ring is 1. The molecule has 116 valence electrons. The monoisotopic (exact) mass is 336 g/mol. The van der Waals surface area contributed by atoms with Crippen LogP contribution in [0.2, 0.25) is 10.0 Å². The molecular weight excluding hydrogens is 319 g/mol. The molecule has 0 aromatic heterocycles. The van der Waals surface area contributed by atoms with Gasteiger partial charge in [0.2, 0.25) is 0 Å². The Kier molecular flexibility index (Phi) is 4.48. The van der Waals surface area contributed by atoms with E-state index in [9.17, 15) is 0 Å². The third kappa shape index (κ3) is 3.17. The molecule has 22 heavy (non-hydrogen) atoms. The highest BCUT2D eigenvalue weighted by Crippen LogP contribution is 2.31. The Labute approximate surface area is 140 Å². The SMILES string of the molecule is C[C@@H](NCc1ccc2c(c1)CCO2)c1cc(Cl)c(N)c(Cl)c1. The molecule has 0 radical (unpaired) electrons. The summed E-state index contributed by atoms with van der Waals surface area (Å²) in [5.74, 6) is 1.01. The summed E-state index contributed by atoms with van der Waals surface area (Å²) in [5.41, 5.74) is 9.74. The molecular formula is C17H18Cl2N2O. The lowest BCUT2D eigenvalue weighted by Gasteiger charge is -2.16. The van der Waals surface area contributed by atoms with E-state index in [1.165, 1.54) is 11.1 Å². The van der Waals surface area contributed by atoms with E-state index in [0.29, 0.717) is 15.7 Å². The summed E-state index contributed by atoms with van der Waals surface area (Å²) in [6.07, 6.45) is 0.988. The summed E-state index contributed by atoms with van der Waals surface area (Å²) in [7, 11) is 0. The van der Waals surface area contributed by atoms with Crippen molar-refractivity contribution in [2.75, 3.05) is 12.3 Å². The molecule has 1 aliphatic heterocycles. The van der Waals surface area contributed by atoms with Crippen molar-refractivity contribution in [1.82, 2.24) is 5.32 Å². The molecule has 1 atom stereocenters. The second-order valence-electron chi connectivity index (χ2n) is 5.54. The number of halogens is 2. The minimum atomic E-state index is 0.125. The van der Waals surface area contributed by atoms with Gasteiger partial charge < -0.3 is 15.8 Å². The number of hydrogen-bond acceptors (Lipinski definition) is 3. The highest BCUT2D eigenvalue weighted by molar-refractivity contribution is 6.38. The molecule has 0 saturated heterocycles. The van der Waals surface area contributed by atoms with E-state index < -0.39 is 0 Å². The Balaban J connectivity index is 1.68. The highest BCUT2D eigenvalue weighted by Gasteiger charge is 2.13. The minimum Gasteiger partial charge on any atom is -0.493 e. The molecule has 3 nitrogen and oxygen atoms in total. The van der Waals surface area contributed by atoms with Crippen LogP contribution in [0.4, 0.5) is 5.69 Å². The first-order valence-corrected chi connectivity index (χ1v) is 8.02. The van der Waals surface area contributed by atoms with E-state index >= 15 is 0 Å². The molecule has 0 aliphatic carbocycles. The van der Waals surface area contributed by atoms with Gasteiger partial charge in [0.05, 0.1) is 22.3 Å². The number of ether oxygens (including phenoxy) is 1. The summed E-state index contributed by atoms with van der Waals surface area (Å²) in [4.78, 5) is 0. The average Bonchev–Trinajstić information content (AvgIpc) is 2.97. The maximum absolute atomic E-state index is 6.09. The largest absolute Gasteiger partial charge is 0.493 e. The van der Waals surface area contributed by atoms with Crippen LogP contribution in [0.3, 0.4) is 0 Å². The van der Waals surface area contributed by atoms with Crippen molar-refractivity contribution in [2.45, 2.75) is 25.9 Å². The summed E-state index contributed by atoms with van der Waals surface area (Å²) < 4.78 is 5.52. The Morgan fingerprint density at radius 3 is 2.68 bits per heavy atom. The maximum atomic E-state index is 6.09. The van der Waals surface area contributed by atoms with Gasteiger partial charge in [-0.2, -0.15) is 0 Å². The second-order valence-corrected chi connectivity index (χ2v) is 6.36. The molecule has 0 spiro atoms. The predicted octanol–water partition coefficient (Wildman–Crippen LogP) is 4.36. The zero-order chi connectivity index (χ0) is 15.7. The first-order chi connectivity index (χ1) is 10.5. The third-order valence-electron chi connectivity index (χ3n) is 3.97. The zero-order valence-electron chi connectivity index (χ0n) is 12.3. The average molecular weight is 337 g/mol. The predicted molar refractivity (Wildman–Crippen MR) is 91.8 cm³/mol. The van der Waals surface area contributed by atoms with E-state index in [2.05, 4.69) is 24.4 Å². The normalized spacial score (nSPS) is 14.5. The zero-order valence-corrected chi connectivity index (χ0v) is 13.8. The van der Waals surface area contributed by atoms with Crippen LogP contribution in [0, 0.1) is 0 Å². The van der Waals surface area contributed by atoms with Crippen LogP contribution in [0.15, 0.2) is 30.3 Å². The number of benzene rings is 2. The molecule has 1 heterocycles. The van der Waals surface area contributed by atoms with Gasteiger partial charge >= 0.3 is 0 Å². The topological polar surface area (TPSA) is 47.3 Å². The molecule has 3 N–H and O–H groups in total. The van der Waals surface area contributed by atoms with Gasteiger partial charge in [-0.3, -0.25) is 0 Å². The van der Waals surface area contributed by atoms with E-state index in [1.54, 1.807) is 0 Å². The van der Waals surface area contributed by atoms with E-state index in [4.69, 9.17) is 33.7 Å². The van der Waals surface area contributed by atoms with Gasteiger partial charge in [-0.05, 0) is 41.8 Å². The van der Waals surface area contributed by atoms with E-state index in [1.807, 2.05) is 18.2 Å². The summed E-state index contributed by atoms with van der Waals surface area (Å²) >= 11 is 12.2. The smallest absolute Gasteiger partial charge is 0.122 e. The number of nitrogens with two attached hydrogens (primary N) is 1. The van der Waals surface area contributed by atoms with Crippen LogP contribution in [0.1, 0.15) is 29.7 Å². The first-order valence-electron chi connectivity index (χ1n) is 7.27. The summed E-state index contributed by atoms with van der Waals surface area (Å²) in [6, 6.07) is 10.2. The standard InChI is InChI=1S/C17H18Cl2N2O/c1-10(13-7-14(18)17(20)15(19)8-13)21-9-11-2-3-16-12(6-11)4-5-22-16/h2-3,6-8,10,21H,4-5,9,20H2,1H3/t10-/m1/s1. The van der Waals surface area contributed by atoms with Gasteiger partial charge in [0, 0.05) is 19.0 Å². The van der Waals surface area contributed by atoms with Crippen molar-refractivity contribution in [1.29, 1.82) is 0 Å². The van der Waals surface area contributed by atoms with Crippen LogP contribution in [-0.2, 0) is 13.0 Å². The summed E-state index contributed by atoms with van der Waals surface area (Å²) in [6.45, 7) is 3.63. The van der Waals surface area contributed by atoms with Crippen LogP contribution in [-0.4, -0.2) is 6.61 Å². The fourth-order valence-corrected chi connectivity index (χ4v) is 3.10. The van der Waals surface area contributed by atoms with Crippen molar-refractivity contribution >= 4 is 28.9 Å². The van der Waals surface area contributed by atoms with Crippen molar-refractivity contribution < 1.29 is 4.74 Å². The summed E-state index contributed by atoms with van der Waals surface area (Å²) in [5, 5.41) is 4.46. The molecule has 0 saturated carbocycles. The number of nitrogens with one attached hydrogen (secondary N) is 1. The third-order valence-corrected chi connectivity index (χ3v) is 4.59. The molecule has 0 fully saturated rings. The number of rotatable bonds is 4. The fourth-order valence-electron chi connectivity index (χ4n) is 2.59. The lowest BCUT2D eigenvalue weighted by molar-refractivity contribution is 0.357. The van der Waals surface area contributed by atoms with Gasteiger partial charge in [-0.25, -0.2) is 0 Å². The van der Waals surface area contributed by atoms with Gasteiger partial charge in [0.15, 0.2) is 0 Å². The van der Waals surface area contributed by atoms with Gasteiger partial charge in [0.1, 0.15) is 5.75 Å². The molecule has 1 aliphatic rings. The van der Waals surface area contributed by atoms with Gasteiger partial charge in [-0.1, -0.05) is 35.3 Å². The molecule has 2 aromatic rings. The number of fused-ring (bicyclic) bond motifs is 1. The minimum absolute atomic E-state index is 0.125. The van der Waals surface area contributed by atoms with Crippen molar-refractivity contribution in [2.24, 2.45) is 0 Å². The molecule has 2 aromatic carbocycles. The van der Waals surface area contributed by atoms with E-state index in [-0.39, 0.29) is 6.04 Å². The van der Waals surface area contributed by atoms with Crippen LogP contribution >= 0.6 is 23.2 Å². The molecule has 0 unspecified atom stereocenters.